The molecule has 0 aliphatic heterocycles. The third-order valence-corrected chi connectivity index (χ3v) is 4.38. The molecule has 0 saturated heterocycles. The van der Waals surface area contributed by atoms with Crippen molar-refractivity contribution in [1.82, 2.24) is 0 Å². The first kappa shape index (κ1) is 14.1. The van der Waals surface area contributed by atoms with E-state index in [1.165, 1.54) is 47.9 Å². The Balaban J connectivity index is 0.000000637. The zero-order valence-electron chi connectivity index (χ0n) is 12.8. The minimum absolute atomic E-state index is 0.612. The number of hydrogen-bond acceptors (Lipinski definition) is 1. The number of hydrogen-bond donors (Lipinski definition) is 0. The highest BCUT2D eigenvalue weighted by atomic mass is 14.4. The number of benzene rings is 1. The van der Waals surface area contributed by atoms with E-state index in [-0.39, 0.29) is 0 Å². The summed E-state index contributed by atoms with van der Waals surface area (Å²) in [6, 6.07) is 2.49. The van der Waals surface area contributed by atoms with Gasteiger partial charge in [0, 0.05) is 0 Å². The summed E-state index contributed by atoms with van der Waals surface area (Å²) < 4.78 is 0. The van der Waals surface area contributed by atoms with Gasteiger partial charge in [-0.1, -0.05) is 27.7 Å². The third kappa shape index (κ3) is 2.18. The van der Waals surface area contributed by atoms with E-state index in [2.05, 4.69) is 19.9 Å². The first-order chi connectivity index (χ1) is 9.24. The van der Waals surface area contributed by atoms with E-state index in [4.69, 9.17) is 0 Å². The van der Waals surface area contributed by atoms with Gasteiger partial charge < -0.3 is 0 Å². The minimum Gasteiger partial charge on any atom is -0.192 e. The summed E-state index contributed by atoms with van der Waals surface area (Å²) in [4.78, 5) is 0. The second kappa shape index (κ2) is 5.78. The van der Waals surface area contributed by atoms with E-state index in [1.807, 2.05) is 13.8 Å². The van der Waals surface area contributed by atoms with Gasteiger partial charge >= 0.3 is 0 Å². The highest BCUT2D eigenvalue weighted by molar-refractivity contribution is 5.60. The monoisotopic (exact) mass is 255 g/mol. The number of fused-ring (bicyclic) bond motifs is 2. The van der Waals surface area contributed by atoms with E-state index in [0.29, 0.717) is 5.92 Å². The molecule has 0 radical (unpaired) electrons. The molecular weight excluding hydrogens is 230 g/mol. The lowest BCUT2D eigenvalue weighted by molar-refractivity contribution is 0.816. The normalized spacial score (nSPS) is 15.6. The molecule has 0 unspecified atom stereocenters. The van der Waals surface area contributed by atoms with Crippen LogP contribution in [0.5, 0.6) is 0 Å². The van der Waals surface area contributed by atoms with Crippen LogP contribution in [-0.2, 0) is 25.7 Å². The van der Waals surface area contributed by atoms with Crippen molar-refractivity contribution in [1.29, 1.82) is 5.26 Å². The van der Waals surface area contributed by atoms with Crippen molar-refractivity contribution < 1.29 is 0 Å². The smallest absolute Gasteiger partial charge is 0.0997 e. The lowest BCUT2D eigenvalue weighted by Gasteiger charge is -2.19. The summed E-state index contributed by atoms with van der Waals surface area (Å²) in [5, 5.41) is 9.45. The molecule has 0 N–H and O–H groups in total. The Morgan fingerprint density at radius 3 is 1.63 bits per heavy atom. The number of nitrogens with zero attached hydrogens (tertiary/aromatic N) is 1. The van der Waals surface area contributed by atoms with Crippen molar-refractivity contribution in [3.8, 4) is 6.07 Å². The summed E-state index contributed by atoms with van der Waals surface area (Å²) in [6.45, 7) is 8.61. The predicted molar refractivity (Wildman–Crippen MR) is 80.6 cm³/mol. The molecule has 1 heteroatoms. The summed E-state index contributed by atoms with van der Waals surface area (Å²) in [6.07, 6.45) is 7.14. The Morgan fingerprint density at radius 2 is 1.26 bits per heavy atom. The Kier molecular flexibility index (Phi) is 4.30. The van der Waals surface area contributed by atoms with Gasteiger partial charge in [-0.15, -0.1) is 0 Å². The maximum Gasteiger partial charge on any atom is 0.0997 e. The average Bonchev–Trinajstić information content (AvgIpc) is 3.05. The lowest BCUT2D eigenvalue weighted by Crippen LogP contribution is -2.06. The molecule has 1 aromatic rings. The van der Waals surface area contributed by atoms with Gasteiger partial charge in [0.2, 0.25) is 0 Å². The zero-order chi connectivity index (χ0) is 14.0. The first-order valence-electron chi connectivity index (χ1n) is 7.83. The van der Waals surface area contributed by atoms with Crippen LogP contribution in [0.25, 0.3) is 0 Å². The average molecular weight is 255 g/mol. The molecule has 1 aromatic carbocycles. The Morgan fingerprint density at radius 1 is 0.842 bits per heavy atom. The van der Waals surface area contributed by atoms with E-state index in [1.54, 1.807) is 5.56 Å². The van der Waals surface area contributed by atoms with Gasteiger partial charge in [-0.25, -0.2) is 0 Å². The van der Waals surface area contributed by atoms with Crippen LogP contribution in [0.1, 0.15) is 79.8 Å². The van der Waals surface area contributed by atoms with Gasteiger partial charge in [0.05, 0.1) is 11.6 Å². The van der Waals surface area contributed by atoms with Crippen LogP contribution in [0.3, 0.4) is 0 Å². The summed E-state index contributed by atoms with van der Waals surface area (Å²) >= 11 is 0. The van der Waals surface area contributed by atoms with Crippen LogP contribution in [0.15, 0.2) is 0 Å². The predicted octanol–water partition coefficient (Wildman–Crippen LogP) is 4.69. The van der Waals surface area contributed by atoms with Crippen LogP contribution in [0.2, 0.25) is 0 Å². The molecular formula is C18H25N. The largest absolute Gasteiger partial charge is 0.192 e. The van der Waals surface area contributed by atoms with Crippen molar-refractivity contribution in [2.45, 2.75) is 72.1 Å². The molecule has 102 valence electrons. The quantitative estimate of drug-likeness (QED) is 0.714. The fourth-order valence-electron chi connectivity index (χ4n) is 3.83. The Labute approximate surface area is 117 Å². The molecule has 0 bridgehead atoms. The molecule has 0 fully saturated rings. The van der Waals surface area contributed by atoms with Crippen LogP contribution in [-0.4, -0.2) is 0 Å². The van der Waals surface area contributed by atoms with Crippen LogP contribution >= 0.6 is 0 Å². The van der Waals surface area contributed by atoms with Crippen molar-refractivity contribution >= 4 is 0 Å². The van der Waals surface area contributed by atoms with E-state index in [0.717, 1.165) is 18.4 Å². The van der Waals surface area contributed by atoms with Gasteiger partial charge in [0.15, 0.2) is 0 Å². The van der Waals surface area contributed by atoms with Gasteiger partial charge in [-0.05, 0) is 72.3 Å². The number of nitriles is 1. The summed E-state index contributed by atoms with van der Waals surface area (Å²) in [5.41, 5.74) is 8.53. The van der Waals surface area contributed by atoms with E-state index >= 15 is 0 Å². The van der Waals surface area contributed by atoms with Crippen molar-refractivity contribution in [2.75, 3.05) is 0 Å². The molecule has 3 rings (SSSR count). The molecule has 2 aliphatic rings. The standard InChI is InChI=1S/C16H19N.C2H6/c1-10(2)16-13-7-3-5-11(13)15(9-17)12-6-4-8-14(12)16;1-2/h10H,3-8H2,1-2H3;1-2H3. The van der Waals surface area contributed by atoms with E-state index < -0.39 is 0 Å². The molecule has 0 spiro atoms. The summed E-state index contributed by atoms with van der Waals surface area (Å²) in [5.74, 6) is 0.612. The Hall–Kier alpha value is -1.29. The molecule has 19 heavy (non-hydrogen) atoms. The molecule has 0 amide bonds. The minimum atomic E-state index is 0.612. The van der Waals surface area contributed by atoms with Crippen molar-refractivity contribution in [2.24, 2.45) is 0 Å². The van der Waals surface area contributed by atoms with Gasteiger partial charge in [0.1, 0.15) is 0 Å². The maximum absolute atomic E-state index is 9.45. The van der Waals surface area contributed by atoms with E-state index in [9.17, 15) is 5.26 Å². The second-order valence-electron chi connectivity index (χ2n) is 5.68. The Bertz CT molecular complexity index is 482. The van der Waals surface area contributed by atoms with Gasteiger partial charge in [-0.3, -0.25) is 0 Å². The summed E-state index contributed by atoms with van der Waals surface area (Å²) in [7, 11) is 0. The fourth-order valence-corrected chi connectivity index (χ4v) is 3.83. The van der Waals surface area contributed by atoms with Crippen molar-refractivity contribution in [3.05, 3.63) is 33.4 Å². The highest BCUT2D eigenvalue weighted by Gasteiger charge is 2.29. The van der Waals surface area contributed by atoms with Crippen LogP contribution < -0.4 is 0 Å². The lowest BCUT2D eigenvalue weighted by atomic mass is 9.84. The number of rotatable bonds is 1. The van der Waals surface area contributed by atoms with Crippen molar-refractivity contribution in [3.63, 3.8) is 0 Å². The van der Waals surface area contributed by atoms with Crippen LogP contribution in [0.4, 0.5) is 0 Å². The highest BCUT2D eigenvalue weighted by Crippen LogP contribution is 2.41. The molecule has 2 aliphatic carbocycles. The van der Waals surface area contributed by atoms with Crippen LogP contribution in [0, 0.1) is 11.3 Å². The topological polar surface area (TPSA) is 23.8 Å². The molecule has 0 atom stereocenters. The fraction of sp³-hybridized carbons (Fsp3) is 0.611. The molecule has 0 saturated carbocycles. The molecule has 0 aromatic heterocycles. The molecule has 0 heterocycles. The zero-order valence-corrected chi connectivity index (χ0v) is 12.8. The maximum atomic E-state index is 9.45. The second-order valence-corrected chi connectivity index (χ2v) is 5.68. The SMILES string of the molecule is CC.CC(C)c1c2c(c(C#N)c3c1CCC3)CCC2. The van der Waals surface area contributed by atoms with Gasteiger partial charge in [0.25, 0.3) is 0 Å². The molecule has 1 nitrogen and oxygen atoms in total. The van der Waals surface area contributed by atoms with Gasteiger partial charge in [-0.2, -0.15) is 5.26 Å². The third-order valence-electron chi connectivity index (χ3n) is 4.38. The first-order valence-corrected chi connectivity index (χ1v) is 7.83.